The van der Waals surface area contributed by atoms with Crippen molar-refractivity contribution in [2.45, 2.75) is 32.8 Å². The van der Waals surface area contributed by atoms with Gasteiger partial charge in [-0.25, -0.2) is 4.98 Å². The maximum absolute atomic E-state index is 12.9. The molecule has 3 aromatic rings. The molecule has 31 heavy (non-hydrogen) atoms. The van der Waals surface area contributed by atoms with E-state index in [0.717, 1.165) is 28.4 Å². The molecule has 0 fully saturated rings. The van der Waals surface area contributed by atoms with E-state index in [4.69, 9.17) is 14.5 Å². The third kappa shape index (κ3) is 4.44. The van der Waals surface area contributed by atoms with Gasteiger partial charge in [-0.1, -0.05) is 19.9 Å². The van der Waals surface area contributed by atoms with Gasteiger partial charge in [0.15, 0.2) is 6.10 Å². The maximum Gasteiger partial charge on any atom is 0.326 e. The number of aromatic nitrogens is 2. The second-order valence-corrected chi connectivity index (χ2v) is 7.95. The number of ether oxygens (including phenoxy) is 2. The number of amides is 1. The van der Waals surface area contributed by atoms with Gasteiger partial charge < -0.3 is 9.47 Å². The van der Waals surface area contributed by atoms with E-state index < -0.39 is 12.1 Å². The molecule has 0 spiro atoms. The van der Waals surface area contributed by atoms with Gasteiger partial charge in [0.25, 0.3) is 5.91 Å². The fraction of sp³-hybridized carbons (Fsp3) is 0.304. The van der Waals surface area contributed by atoms with Gasteiger partial charge in [-0.15, -0.1) is 11.3 Å². The molecule has 0 radical (unpaired) electrons. The van der Waals surface area contributed by atoms with Crippen LogP contribution >= 0.6 is 11.3 Å². The molecule has 1 unspecified atom stereocenters. The molecule has 0 saturated carbocycles. The molecule has 1 aliphatic heterocycles. The minimum absolute atomic E-state index is 0.147. The summed E-state index contributed by atoms with van der Waals surface area (Å²) in [5.74, 6) is -0.110. The Kier molecular flexibility index (Phi) is 6.27. The zero-order chi connectivity index (χ0) is 21.8. The molecule has 4 rings (SSSR count). The lowest BCUT2D eigenvalue weighted by molar-refractivity contribution is -0.143. The number of nitrogens with zero attached hydrogens (tertiary/aromatic N) is 3. The van der Waals surface area contributed by atoms with Crippen molar-refractivity contribution in [2.75, 3.05) is 18.1 Å². The summed E-state index contributed by atoms with van der Waals surface area (Å²) in [7, 11) is 0. The topological polar surface area (TPSA) is 81.6 Å². The average Bonchev–Trinajstić information content (AvgIpc) is 3.30. The number of hydrogen-bond acceptors (Lipinski definition) is 7. The van der Waals surface area contributed by atoms with E-state index in [-0.39, 0.29) is 12.5 Å². The van der Waals surface area contributed by atoms with Gasteiger partial charge in [-0.3, -0.25) is 19.5 Å². The van der Waals surface area contributed by atoms with Crippen LogP contribution in [0.25, 0.3) is 22.0 Å². The van der Waals surface area contributed by atoms with Gasteiger partial charge in [0.2, 0.25) is 0 Å². The lowest BCUT2D eigenvalue weighted by atomic mass is 10.1. The van der Waals surface area contributed by atoms with Crippen molar-refractivity contribution >= 4 is 28.9 Å². The van der Waals surface area contributed by atoms with E-state index in [1.807, 2.05) is 55.6 Å². The van der Waals surface area contributed by atoms with Crippen LogP contribution in [-0.4, -0.2) is 41.1 Å². The van der Waals surface area contributed by atoms with E-state index in [1.54, 1.807) is 6.20 Å². The third-order valence-electron chi connectivity index (χ3n) is 4.87. The Morgan fingerprint density at radius 2 is 2.10 bits per heavy atom. The molecule has 2 aromatic heterocycles. The first kappa shape index (κ1) is 21.0. The SMILES string of the molecule is CCCOC(=O)CN1C(=O)C(CC)Oc2ccc(-c3csc(-c4ccccn4)n3)cc21. The molecule has 7 nitrogen and oxygen atoms in total. The Balaban J connectivity index is 1.66. The van der Waals surface area contributed by atoms with Crippen molar-refractivity contribution < 1.29 is 19.1 Å². The lowest BCUT2D eigenvalue weighted by Gasteiger charge is -2.33. The minimum atomic E-state index is -0.618. The summed E-state index contributed by atoms with van der Waals surface area (Å²) < 4.78 is 11.1. The number of anilines is 1. The summed E-state index contributed by atoms with van der Waals surface area (Å²) in [4.78, 5) is 35.7. The van der Waals surface area contributed by atoms with Crippen LogP contribution < -0.4 is 9.64 Å². The number of fused-ring (bicyclic) bond motifs is 1. The first-order chi connectivity index (χ1) is 15.1. The van der Waals surface area contributed by atoms with Gasteiger partial charge >= 0.3 is 5.97 Å². The minimum Gasteiger partial charge on any atom is -0.478 e. The third-order valence-corrected chi connectivity index (χ3v) is 5.73. The van der Waals surface area contributed by atoms with Crippen molar-refractivity contribution in [1.29, 1.82) is 0 Å². The van der Waals surface area contributed by atoms with Crippen LogP contribution in [0.4, 0.5) is 5.69 Å². The number of thiazole rings is 1. The average molecular weight is 438 g/mol. The van der Waals surface area contributed by atoms with Crippen molar-refractivity contribution in [2.24, 2.45) is 0 Å². The van der Waals surface area contributed by atoms with Gasteiger partial charge in [0.05, 0.1) is 23.7 Å². The van der Waals surface area contributed by atoms with Crippen molar-refractivity contribution in [3.63, 3.8) is 0 Å². The van der Waals surface area contributed by atoms with Crippen LogP contribution in [0.3, 0.4) is 0 Å². The normalized spacial score (nSPS) is 15.4. The smallest absolute Gasteiger partial charge is 0.326 e. The Morgan fingerprint density at radius 3 is 2.84 bits per heavy atom. The monoisotopic (exact) mass is 437 g/mol. The van der Waals surface area contributed by atoms with E-state index in [9.17, 15) is 9.59 Å². The number of hydrogen-bond donors (Lipinski definition) is 0. The summed E-state index contributed by atoms with van der Waals surface area (Å²) in [6.45, 7) is 3.99. The molecular formula is C23H23N3O4S. The van der Waals surface area contributed by atoms with Crippen LogP contribution in [-0.2, 0) is 14.3 Å². The van der Waals surface area contributed by atoms with Gasteiger partial charge in [-0.05, 0) is 43.2 Å². The van der Waals surface area contributed by atoms with E-state index in [1.165, 1.54) is 16.2 Å². The van der Waals surface area contributed by atoms with Crippen LogP contribution in [0, 0.1) is 0 Å². The second-order valence-electron chi connectivity index (χ2n) is 7.09. The van der Waals surface area contributed by atoms with Crippen LogP contribution in [0.5, 0.6) is 5.75 Å². The Hall–Kier alpha value is -3.26. The van der Waals surface area contributed by atoms with Crippen molar-refractivity contribution in [3.05, 3.63) is 48.0 Å². The van der Waals surface area contributed by atoms with Crippen LogP contribution in [0.15, 0.2) is 48.0 Å². The number of rotatable bonds is 7. The highest BCUT2D eigenvalue weighted by molar-refractivity contribution is 7.13. The molecular weight excluding hydrogens is 414 g/mol. The molecule has 3 heterocycles. The molecule has 8 heteroatoms. The molecule has 0 aliphatic carbocycles. The predicted molar refractivity (Wildman–Crippen MR) is 119 cm³/mol. The zero-order valence-corrected chi connectivity index (χ0v) is 18.2. The molecule has 1 atom stereocenters. The number of benzene rings is 1. The largest absolute Gasteiger partial charge is 0.478 e. The number of carbonyl (C=O) groups excluding carboxylic acids is 2. The quantitative estimate of drug-likeness (QED) is 0.512. The van der Waals surface area contributed by atoms with Gasteiger partial charge in [0.1, 0.15) is 17.3 Å². The molecule has 0 bridgehead atoms. The Morgan fingerprint density at radius 1 is 1.23 bits per heavy atom. The van der Waals surface area contributed by atoms with Gasteiger partial charge in [-0.2, -0.15) is 0 Å². The number of carbonyl (C=O) groups is 2. The highest BCUT2D eigenvalue weighted by Gasteiger charge is 2.35. The molecule has 0 saturated heterocycles. The predicted octanol–water partition coefficient (Wildman–Crippen LogP) is 4.33. The Bertz CT molecular complexity index is 1080. The molecule has 0 N–H and O–H groups in total. The van der Waals surface area contributed by atoms with Crippen LogP contribution in [0.2, 0.25) is 0 Å². The van der Waals surface area contributed by atoms with E-state index in [0.29, 0.717) is 24.5 Å². The lowest BCUT2D eigenvalue weighted by Crippen LogP contribution is -2.48. The maximum atomic E-state index is 12.9. The molecule has 160 valence electrons. The summed E-state index contributed by atoms with van der Waals surface area (Å²) in [5.41, 5.74) is 2.96. The fourth-order valence-corrected chi connectivity index (χ4v) is 4.11. The highest BCUT2D eigenvalue weighted by Crippen LogP contribution is 2.39. The van der Waals surface area contributed by atoms with Crippen molar-refractivity contribution in [3.8, 4) is 27.7 Å². The second kappa shape index (κ2) is 9.26. The summed E-state index contributed by atoms with van der Waals surface area (Å²) >= 11 is 1.50. The standard InChI is InChI=1S/C23H23N3O4S/c1-3-11-29-21(27)13-26-18-12-15(8-9-20(18)30-19(4-2)23(26)28)17-14-31-22(25-17)16-7-5-6-10-24-16/h5-10,12,14,19H,3-4,11,13H2,1-2H3. The number of pyridine rings is 1. The fourth-order valence-electron chi connectivity index (χ4n) is 3.31. The van der Waals surface area contributed by atoms with E-state index in [2.05, 4.69) is 4.98 Å². The Labute approximate surface area is 184 Å². The summed E-state index contributed by atoms with van der Waals surface area (Å²) in [6.07, 6.45) is 2.36. The van der Waals surface area contributed by atoms with Crippen molar-refractivity contribution in [1.82, 2.24) is 9.97 Å². The van der Waals surface area contributed by atoms with Gasteiger partial charge in [0, 0.05) is 17.1 Å². The summed E-state index contributed by atoms with van der Waals surface area (Å²) in [5, 5.41) is 2.76. The summed E-state index contributed by atoms with van der Waals surface area (Å²) in [6, 6.07) is 11.3. The number of esters is 1. The molecule has 1 amide bonds. The highest BCUT2D eigenvalue weighted by atomic mass is 32.1. The molecule has 1 aromatic carbocycles. The molecule has 1 aliphatic rings. The van der Waals surface area contributed by atoms with Crippen LogP contribution in [0.1, 0.15) is 26.7 Å². The first-order valence-corrected chi connectivity index (χ1v) is 11.1. The zero-order valence-electron chi connectivity index (χ0n) is 17.4. The van der Waals surface area contributed by atoms with E-state index >= 15 is 0 Å². The first-order valence-electron chi connectivity index (χ1n) is 10.3.